The Balaban J connectivity index is 2.05. The SMILES string of the molecule is CCNC(=NCc1csc(C(C)(C)C)n1)N1CCCC(C(=O)OCC)C1. The Morgan fingerprint density at radius 1 is 1.46 bits per heavy atom. The second-order valence-corrected chi connectivity index (χ2v) is 8.46. The molecule has 0 amide bonds. The van der Waals surface area contributed by atoms with Crippen LogP contribution >= 0.6 is 11.3 Å². The molecule has 1 aliphatic rings. The predicted molar refractivity (Wildman–Crippen MR) is 107 cm³/mol. The van der Waals surface area contributed by atoms with Crippen molar-refractivity contribution in [1.82, 2.24) is 15.2 Å². The summed E-state index contributed by atoms with van der Waals surface area (Å²) in [5.74, 6) is 0.688. The summed E-state index contributed by atoms with van der Waals surface area (Å²) in [6.07, 6.45) is 1.86. The average Bonchev–Trinajstić information content (AvgIpc) is 3.08. The third kappa shape index (κ3) is 5.69. The van der Waals surface area contributed by atoms with Crippen LogP contribution in [0.1, 0.15) is 58.2 Å². The number of rotatable bonds is 5. The maximum atomic E-state index is 12.1. The van der Waals surface area contributed by atoms with Crippen LogP contribution in [-0.4, -0.2) is 48.1 Å². The first kappa shape index (κ1) is 20.7. The maximum Gasteiger partial charge on any atom is 0.310 e. The fourth-order valence-electron chi connectivity index (χ4n) is 2.93. The standard InChI is InChI=1S/C19H32N4O2S/c1-6-20-18(21-11-15-13-26-17(22-15)19(3,4)5)23-10-8-9-14(12-23)16(24)25-7-2/h13-14H,6-12H2,1-5H3,(H,20,21). The summed E-state index contributed by atoms with van der Waals surface area (Å²) >= 11 is 1.69. The number of ether oxygens (including phenoxy) is 1. The third-order valence-corrected chi connectivity index (χ3v) is 5.58. The van der Waals surface area contributed by atoms with Crippen molar-refractivity contribution in [1.29, 1.82) is 0 Å². The summed E-state index contributed by atoms with van der Waals surface area (Å²) in [6, 6.07) is 0. The second kappa shape index (κ2) is 9.35. The Morgan fingerprint density at radius 3 is 2.85 bits per heavy atom. The fourth-order valence-corrected chi connectivity index (χ4v) is 3.83. The smallest absolute Gasteiger partial charge is 0.310 e. The molecule has 0 saturated carbocycles. The molecule has 2 rings (SSSR count). The van der Waals surface area contributed by atoms with E-state index in [-0.39, 0.29) is 17.3 Å². The molecule has 1 aromatic heterocycles. The molecule has 1 fully saturated rings. The average molecular weight is 381 g/mol. The number of piperidine rings is 1. The minimum Gasteiger partial charge on any atom is -0.466 e. The second-order valence-electron chi connectivity index (χ2n) is 7.60. The van der Waals surface area contributed by atoms with E-state index in [0.717, 1.165) is 42.6 Å². The van der Waals surface area contributed by atoms with E-state index < -0.39 is 0 Å². The number of hydrogen-bond acceptors (Lipinski definition) is 5. The summed E-state index contributed by atoms with van der Waals surface area (Å²) in [7, 11) is 0. The van der Waals surface area contributed by atoms with Gasteiger partial charge in [-0.25, -0.2) is 9.98 Å². The maximum absolute atomic E-state index is 12.1. The van der Waals surface area contributed by atoms with E-state index in [0.29, 0.717) is 19.7 Å². The molecule has 0 aliphatic carbocycles. The highest BCUT2D eigenvalue weighted by molar-refractivity contribution is 7.09. The highest BCUT2D eigenvalue weighted by atomic mass is 32.1. The lowest BCUT2D eigenvalue weighted by Gasteiger charge is -2.34. The minimum atomic E-state index is -0.0950. The monoisotopic (exact) mass is 380 g/mol. The normalized spacial score (nSPS) is 18.7. The molecule has 1 saturated heterocycles. The van der Waals surface area contributed by atoms with Crippen molar-refractivity contribution in [2.75, 3.05) is 26.2 Å². The van der Waals surface area contributed by atoms with Gasteiger partial charge in [0.25, 0.3) is 0 Å². The largest absolute Gasteiger partial charge is 0.466 e. The van der Waals surface area contributed by atoms with Crippen molar-refractivity contribution in [3.05, 3.63) is 16.1 Å². The van der Waals surface area contributed by atoms with Crippen molar-refractivity contribution in [2.24, 2.45) is 10.9 Å². The number of carbonyl (C=O) groups excluding carboxylic acids is 1. The van der Waals surface area contributed by atoms with Gasteiger partial charge in [0, 0.05) is 30.4 Å². The van der Waals surface area contributed by atoms with E-state index in [4.69, 9.17) is 14.7 Å². The molecule has 26 heavy (non-hydrogen) atoms. The van der Waals surface area contributed by atoms with E-state index in [1.165, 1.54) is 0 Å². The zero-order valence-corrected chi connectivity index (χ0v) is 17.5. The molecule has 1 N–H and O–H groups in total. The lowest BCUT2D eigenvalue weighted by Crippen LogP contribution is -2.48. The molecule has 6 nitrogen and oxygen atoms in total. The molecule has 0 aromatic carbocycles. The van der Waals surface area contributed by atoms with Gasteiger partial charge in [-0.2, -0.15) is 0 Å². The van der Waals surface area contributed by atoms with Crippen LogP contribution in [0.3, 0.4) is 0 Å². The van der Waals surface area contributed by atoms with Gasteiger partial charge in [-0.05, 0) is 26.7 Å². The van der Waals surface area contributed by atoms with Crippen LogP contribution in [-0.2, 0) is 21.5 Å². The fraction of sp³-hybridized carbons (Fsp3) is 0.737. The van der Waals surface area contributed by atoms with Gasteiger partial charge in [0.15, 0.2) is 5.96 Å². The zero-order valence-electron chi connectivity index (χ0n) is 16.7. The van der Waals surface area contributed by atoms with Crippen molar-refractivity contribution in [3.8, 4) is 0 Å². The molecule has 1 aliphatic heterocycles. The quantitative estimate of drug-likeness (QED) is 0.483. The lowest BCUT2D eigenvalue weighted by atomic mass is 9.98. The molecule has 0 bridgehead atoms. The van der Waals surface area contributed by atoms with Gasteiger partial charge in [-0.1, -0.05) is 20.8 Å². The lowest BCUT2D eigenvalue weighted by molar-refractivity contribution is -0.149. The third-order valence-electron chi connectivity index (χ3n) is 4.26. The van der Waals surface area contributed by atoms with E-state index in [1.54, 1.807) is 11.3 Å². The van der Waals surface area contributed by atoms with Crippen LogP contribution in [0.4, 0.5) is 0 Å². The molecule has 0 radical (unpaired) electrons. The van der Waals surface area contributed by atoms with E-state index in [2.05, 4.69) is 43.3 Å². The van der Waals surface area contributed by atoms with Crippen molar-refractivity contribution in [3.63, 3.8) is 0 Å². The van der Waals surface area contributed by atoms with E-state index >= 15 is 0 Å². The Hall–Kier alpha value is -1.63. The van der Waals surface area contributed by atoms with Crippen molar-refractivity contribution in [2.45, 2.75) is 59.4 Å². The topological polar surface area (TPSA) is 66.8 Å². The molecular formula is C19H32N4O2S. The van der Waals surface area contributed by atoms with Crippen molar-refractivity contribution < 1.29 is 9.53 Å². The van der Waals surface area contributed by atoms with Crippen molar-refractivity contribution >= 4 is 23.3 Å². The number of likely N-dealkylation sites (tertiary alicyclic amines) is 1. The highest BCUT2D eigenvalue weighted by Gasteiger charge is 2.28. The number of esters is 1. The molecule has 1 aromatic rings. The summed E-state index contributed by atoms with van der Waals surface area (Å²) in [5, 5.41) is 6.57. The first-order chi connectivity index (χ1) is 12.3. The molecule has 7 heteroatoms. The van der Waals surface area contributed by atoms with E-state index in [9.17, 15) is 4.79 Å². The molecular weight excluding hydrogens is 348 g/mol. The van der Waals surface area contributed by atoms with Crippen LogP contribution in [0.25, 0.3) is 0 Å². The van der Waals surface area contributed by atoms with Gasteiger partial charge in [-0.15, -0.1) is 11.3 Å². The number of aliphatic imine (C=N–C) groups is 1. The number of thiazole rings is 1. The van der Waals surface area contributed by atoms with Gasteiger partial charge in [0.05, 0.1) is 29.8 Å². The van der Waals surface area contributed by atoms with Crippen LogP contribution in [0.15, 0.2) is 10.4 Å². The highest BCUT2D eigenvalue weighted by Crippen LogP contribution is 2.26. The van der Waals surface area contributed by atoms with E-state index in [1.807, 2.05) is 6.92 Å². The number of aromatic nitrogens is 1. The Morgan fingerprint density at radius 2 is 2.23 bits per heavy atom. The van der Waals surface area contributed by atoms with Gasteiger partial charge >= 0.3 is 5.97 Å². The molecule has 1 atom stereocenters. The summed E-state index contributed by atoms with van der Waals surface area (Å²) in [5.41, 5.74) is 1.06. The Kier molecular flexibility index (Phi) is 7.43. The van der Waals surface area contributed by atoms with Gasteiger partial charge in [0.2, 0.25) is 0 Å². The molecule has 0 spiro atoms. The number of nitrogens with one attached hydrogen (secondary N) is 1. The number of hydrogen-bond donors (Lipinski definition) is 1. The summed E-state index contributed by atoms with van der Waals surface area (Å²) in [4.78, 5) is 23.7. The number of carbonyl (C=O) groups is 1. The number of nitrogens with zero attached hydrogens (tertiary/aromatic N) is 3. The Bertz CT molecular complexity index is 621. The minimum absolute atomic E-state index is 0.0663. The van der Waals surface area contributed by atoms with Gasteiger partial charge in [0.1, 0.15) is 0 Å². The first-order valence-corrected chi connectivity index (χ1v) is 10.4. The summed E-state index contributed by atoms with van der Waals surface area (Å²) in [6.45, 7) is 13.8. The summed E-state index contributed by atoms with van der Waals surface area (Å²) < 4.78 is 5.20. The molecule has 146 valence electrons. The van der Waals surface area contributed by atoms with Crippen LogP contribution in [0.2, 0.25) is 0 Å². The van der Waals surface area contributed by atoms with Gasteiger partial charge < -0.3 is 15.0 Å². The van der Waals surface area contributed by atoms with Crippen LogP contribution in [0.5, 0.6) is 0 Å². The van der Waals surface area contributed by atoms with Crippen LogP contribution < -0.4 is 5.32 Å². The van der Waals surface area contributed by atoms with Crippen LogP contribution in [0, 0.1) is 5.92 Å². The Labute approximate surface area is 161 Å². The predicted octanol–water partition coefficient (Wildman–Crippen LogP) is 3.18. The zero-order chi connectivity index (χ0) is 19.2. The molecule has 2 heterocycles. The number of guanidine groups is 1. The van der Waals surface area contributed by atoms with Gasteiger partial charge in [-0.3, -0.25) is 4.79 Å². The first-order valence-electron chi connectivity index (χ1n) is 9.50. The molecule has 1 unspecified atom stereocenters.